The zero-order chi connectivity index (χ0) is 34.9. The number of anilines is 1. The summed E-state index contributed by atoms with van der Waals surface area (Å²) in [5, 5.41) is 33.5. The Hall–Kier alpha value is -5.24. The quantitative estimate of drug-likeness (QED) is 0.118. The number of thioether (sulfide) groups is 1. The van der Waals surface area contributed by atoms with E-state index < -0.39 is 60.3 Å². The Balaban J connectivity index is 1.25. The number of halogens is 1. The van der Waals surface area contributed by atoms with Crippen molar-refractivity contribution in [2.75, 3.05) is 23.9 Å². The molecule has 0 aromatic heterocycles. The number of rotatable bonds is 15. The molecule has 5 atom stereocenters. The largest absolute Gasteiger partial charge is 0.484 e. The Morgan fingerprint density at radius 3 is 2.10 bits per heavy atom. The number of amides is 3. The second-order valence-corrected chi connectivity index (χ2v) is 12.3. The smallest absolute Gasteiger partial charge is 0.328 e. The normalized spacial score (nSPS) is 17.3. The number of hydrogen-bond donors (Lipinski definition) is 5. The summed E-state index contributed by atoms with van der Waals surface area (Å²) in [6.07, 6.45) is -0.896. The first-order valence-electron chi connectivity index (χ1n) is 15.3. The fraction of sp³-hybridized carbons (Fsp3) is 0.222. The number of nitrogens with zero attached hydrogens (tertiary/aromatic N) is 1. The van der Waals surface area contributed by atoms with Crippen molar-refractivity contribution in [3.05, 3.63) is 132 Å². The molecule has 1 heterocycles. The highest BCUT2D eigenvalue weighted by Crippen LogP contribution is 2.46. The summed E-state index contributed by atoms with van der Waals surface area (Å²) in [6, 6.07) is 26.7. The lowest BCUT2D eigenvalue weighted by Gasteiger charge is -2.47. The van der Waals surface area contributed by atoms with Crippen LogP contribution in [0.15, 0.2) is 109 Å². The zero-order valence-electron chi connectivity index (χ0n) is 26.0. The molecule has 4 aromatic rings. The molecule has 49 heavy (non-hydrogen) atoms. The van der Waals surface area contributed by atoms with Crippen molar-refractivity contribution in [3.63, 3.8) is 0 Å². The van der Waals surface area contributed by atoms with Crippen LogP contribution in [0.4, 0.5) is 10.1 Å². The Labute approximate surface area is 285 Å². The third kappa shape index (κ3) is 8.62. The molecule has 11 nitrogen and oxygen atoms in total. The highest BCUT2D eigenvalue weighted by molar-refractivity contribution is 8.00. The first kappa shape index (κ1) is 35.1. The van der Waals surface area contributed by atoms with Crippen LogP contribution in [0.2, 0.25) is 0 Å². The van der Waals surface area contributed by atoms with Crippen molar-refractivity contribution in [2.24, 2.45) is 0 Å². The van der Waals surface area contributed by atoms with Crippen LogP contribution >= 0.6 is 11.8 Å². The van der Waals surface area contributed by atoms with Crippen LogP contribution in [0, 0.1) is 5.82 Å². The van der Waals surface area contributed by atoms with E-state index in [0.29, 0.717) is 16.9 Å². The van der Waals surface area contributed by atoms with Gasteiger partial charge in [-0.15, -0.1) is 11.8 Å². The minimum atomic E-state index is -1.55. The van der Waals surface area contributed by atoms with E-state index >= 15 is 0 Å². The number of aliphatic carboxylic acids is 1. The SMILES string of the molecule is O=C(COc1ccc([C@H]2[C@H](SCC(O)c3ccc(F)cc3)C(=O)N2c2ccccc2)cc1)N[C@@H](C(=O)N[C@@H](CO)C(=O)O)c1ccccc1. The molecule has 254 valence electrons. The number of carboxylic acid groups (broad SMARTS) is 1. The number of hydrogen-bond acceptors (Lipinski definition) is 8. The molecular formula is C36H34FN3O8S. The second kappa shape index (κ2) is 16.2. The van der Waals surface area contributed by atoms with E-state index in [4.69, 9.17) is 4.74 Å². The molecule has 5 N–H and O–H groups in total. The van der Waals surface area contributed by atoms with Crippen LogP contribution in [0.1, 0.15) is 34.9 Å². The van der Waals surface area contributed by atoms with Crippen LogP contribution in [0.3, 0.4) is 0 Å². The average molecular weight is 688 g/mol. The molecule has 4 aromatic carbocycles. The predicted molar refractivity (Wildman–Crippen MR) is 180 cm³/mol. The van der Waals surface area contributed by atoms with Gasteiger partial charge in [0.15, 0.2) is 6.61 Å². The maximum Gasteiger partial charge on any atom is 0.328 e. The topological polar surface area (TPSA) is 165 Å². The molecule has 13 heteroatoms. The van der Waals surface area contributed by atoms with Gasteiger partial charge in [-0.1, -0.05) is 72.8 Å². The maximum atomic E-state index is 13.4. The minimum absolute atomic E-state index is 0.116. The fourth-order valence-electron chi connectivity index (χ4n) is 5.30. The summed E-state index contributed by atoms with van der Waals surface area (Å²) >= 11 is 1.31. The summed E-state index contributed by atoms with van der Waals surface area (Å²) in [5.74, 6) is -2.85. The Morgan fingerprint density at radius 2 is 1.49 bits per heavy atom. The predicted octanol–water partition coefficient (Wildman–Crippen LogP) is 3.55. The third-order valence-electron chi connectivity index (χ3n) is 7.86. The third-order valence-corrected chi connectivity index (χ3v) is 9.18. The lowest BCUT2D eigenvalue weighted by molar-refractivity contribution is -0.143. The van der Waals surface area contributed by atoms with Crippen molar-refractivity contribution in [1.29, 1.82) is 0 Å². The van der Waals surface area contributed by atoms with Gasteiger partial charge in [0.1, 0.15) is 28.9 Å². The summed E-state index contributed by atoms with van der Waals surface area (Å²) in [5.41, 5.74) is 2.46. The average Bonchev–Trinajstić information content (AvgIpc) is 3.12. The Kier molecular flexibility index (Phi) is 11.6. The number of carboxylic acids is 1. The van der Waals surface area contributed by atoms with Crippen LogP contribution in [-0.2, 0) is 19.2 Å². The molecule has 0 bridgehead atoms. The zero-order valence-corrected chi connectivity index (χ0v) is 26.8. The molecule has 0 radical (unpaired) electrons. The van der Waals surface area contributed by atoms with E-state index in [1.165, 1.54) is 36.0 Å². The number of aliphatic hydroxyl groups is 2. The Bertz CT molecular complexity index is 1750. The van der Waals surface area contributed by atoms with Gasteiger partial charge in [-0.2, -0.15) is 0 Å². The van der Waals surface area contributed by atoms with E-state index in [1.54, 1.807) is 59.5 Å². The molecule has 1 saturated heterocycles. The van der Waals surface area contributed by atoms with Crippen LogP contribution in [-0.4, -0.2) is 69.3 Å². The van der Waals surface area contributed by atoms with Gasteiger partial charge in [0.25, 0.3) is 5.91 Å². The summed E-state index contributed by atoms with van der Waals surface area (Å²) in [4.78, 5) is 52.2. The van der Waals surface area contributed by atoms with Crippen LogP contribution in [0.5, 0.6) is 5.75 Å². The number of aliphatic hydroxyl groups excluding tert-OH is 2. The molecular weight excluding hydrogens is 653 g/mol. The maximum absolute atomic E-state index is 13.4. The van der Waals surface area contributed by atoms with E-state index in [-0.39, 0.29) is 17.7 Å². The summed E-state index contributed by atoms with van der Waals surface area (Å²) in [6.45, 7) is -1.29. The van der Waals surface area contributed by atoms with Gasteiger partial charge in [0.05, 0.1) is 18.8 Å². The van der Waals surface area contributed by atoms with Crippen molar-refractivity contribution in [1.82, 2.24) is 10.6 Å². The molecule has 1 unspecified atom stereocenters. The van der Waals surface area contributed by atoms with E-state index in [2.05, 4.69) is 10.6 Å². The second-order valence-electron chi connectivity index (χ2n) is 11.2. The lowest BCUT2D eigenvalue weighted by Crippen LogP contribution is -2.57. The summed E-state index contributed by atoms with van der Waals surface area (Å²) in [7, 11) is 0. The summed E-state index contributed by atoms with van der Waals surface area (Å²) < 4.78 is 19.0. The van der Waals surface area contributed by atoms with Crippen molar-refractivity contribution < 1.29 is 43.6 Å². The van der Waals surface area contributed by atoms with Gasteiger partial charge >= 0.3 is 5.97 Å². The highest BCUT2D eigenvalue weighted by Gasteiger charge is 2.49. The molecule has 1 aliphatic rings. The van der Waals surface area contributed by atoms with Gasteiger partial charge in [-0.3, -0.25) is 14.4 Å². The molecule has 3 amide bonds. The van der Waals surface area contributed by atoms with Crippen molar-refractivity contribution in [2.45, 2.75) is 29.5 Å². The van der Waals surface area contributed by atoms with Gasteiger partial charge in [-0.25, -0.2) is 9.18 Å². The van der Waals surface area contributed by atoms with Crippen LogP contribution in [0.25, 0.3) is 0 Å². The van der Waals surface area contributed by atoms with E-state index in [9.17, 15) is 38.9 Å². The number of carbonyl (C=O) groups excluding carboxylic acids is 3. The van der Waals surface area contributed by atoms with Gasteiger partial charge < -0.3 is 35.6 Å². The van der Waals surface area contributed by atoms with Gasteiger partial charge in [0.2, 0.25) is 11.8 Å². The first-order valence-corrected chi connectivity index (χ1v) is 16.4. The molecule has 5 rings (SSSR count). The van der Waals surface area contributed by atoms with Crippen LogP contribution < -0.4 is 20.3 Å². The number of ether oxygens (including phenoxy) is 1. The van der Waals surface area contributed by atoms with E-state index in [0.717, 1.165) is 11.3 Å². The number of para-hydroxylation sites is 1. The van der Waals surface area contributed by atoms with Crippen molar-refractivity contribution >= 4 is 41.1 Å². The number of carbonyl (C=O) groups is 4. The van der Waals surface area contributed by atoms with E-state index in [1.807, 2.05) is 30.3 Å². The molecule has 0 spiro atoms. The first-order chi connectivity index (χ1) is 23.7. The van der Waals surface area contributed by atoms with Crippen molar-refractivity contribution in [3.8, 4) is 5.75 Å². The molecule has 1 fully saturated rings. The number of benzene rings is 4. The molecule has 0 saturated carbocycles. The number of nitrogens with one attached hydrogen (secondary N) is 2. The molecule has 0 aliphatic carbocycles. The highest BCUT2D eigenvalue weighted by atomic mass is 32.2. The minimum Gasteiger partial charge on any atom is -0.484 e. The van der Waals surface area contributed by atoms with Gasteiger partial charge in [-0.05, 0) is 53.1 Å². The Morgan fingerprint density at radius 1 is 0.857 bits per heavy atom. The molecule has 1 aliphatic heterocycles. The number of β-lactam (4-membered cyclic amide) rings is 1. The lowest BCUT2D eigenvalue weighted by atomic mass is 9.92. The standard InChI is InChI=1S/C36H34FN3O8S/c37-25-15-11-22(12-16-25)29(42)21-49-33-32(40(35(33)45)26-9-5-2-6-10-26)24-13-17-27(18-14-24)48-20-30(43)39-31(23-7-3-1-4-8-23)34(44)38-28(19-41)36(46)47/h1-18,28-29,31-33,41-42H,19-21H2,(H,38,44)(H,39,43)(H,46,47)/t28-,29?,31+,32-,33-/m0/s1. The van der Waals surface area contributed by atoms with Gasteiger partial charge in [0, 0.05) is 11.4 Å². The monoisotopic (exact) mass is 687 g/mol. The fourth-order valence-corrected chi connectivity index (χ4v) is 6.60.